The first-order valence-electron chi connectivity index (χ1n) is 5.53. The Bertz CT molecular complexity index is 338. The zero-order valence-electron chi connectivity index (χ0n) is 9.42. The molecule has 2 nitrogen and oxygen atoms in total. The lowest BCUT2D eigenvalue weighted by Crippen LogP contribution is -2.33. The highest BCUT2D eigenvalue weighted by molar-refractivity contribution is 9.10. The van der Waals surface area contributed by atoms with E-state index in [0.717, 1.165) is 13.1 Å². The van der Waals surface area contributed by atoms with Gasteiger partial charge in [0.25, 0.3) is 0 Å². The molecule has 96 valence electrons. The second-order valence-corrected chi connectivity index (χ2v) is 5.04. The average molecular weight is 325 g/mol. The maximum atomic E-state index is 13.1. The van der Waals surface area contributed by atoms with Crippen LogP contribution in [0.2, 0.25) is 0 Å². The number of ether oxygens (including phenoxy) is 1. The van der Waals surface area contributed by atoms with Gasteiger partial charge in [-0.3, -0.25) is 0 Å². The quantitative estimate of drug-likeness (QED) is 0.920. The molecule has 0 saturated carbocycles. The van der Waals surface area contributed by atoms with Crippen LogP contribution in [0.15, 0.2) is 22.7 Å². The Kier molecular flexibility index (Phi) is 6.23. The number of rotatable bonds is 3. The lowest BCUT2D eigenvalue weighted by molar-refractivity contribution is 0.218. The van der Waals surface area contributed by atoms with Crippen LogP contribution in [-0.4, -0.2) is 19.7 Å². The van der Waals surface area contributed by atoms with E-state index in [1.165, 1.54) is 25.0 Å². The van der Waals surface area contributed by atoms with Gasteiger partial charge in [0, 0.05) is 23.0 Å². The smallest absolute Gasteiger partial charge is 0.128 e. The summed E-state index contributed by atoms with van der Waals surface area (Å²) in [6, 6.07) is 4.63. The molecule has 0 bridgehead atoms. The van der Waals surface area contributed by atoms with Gasteiger partial charge in [0.15, 0.2) is 0 Å². The van der Waals surface area contributed by atoms with Crippen LogP contribution < -0.4 is 10.1 Å². The summed E-state index contributed by atoms with van der Waals surface area (Å²) in [6.45, 7) is 2.75. The minimum absolute atomic E-state index is 0. The van der Waals surface area contributed by atoms with Crippen LogP contribution in [0.25, 0.3) is 0 Å². The van der Waals surface area contributed by atoms with Gasteiger partial charge < -0.3 is 10.1 Å². The molecule has 1 fully saturated rings. The van der Waals surface area contributed by atoms with E-state index in [4.69, 9.17) is 4.74 Å². The number of nitrogens with one attached hydrogen (secondary N) is 1. The molecule has 1 aliphatic heterocycles. The Labute approximate surface area is 115 Å². The third-order valence-corrected chi connectivity index (χ3v) is 3.18. The Hall–Kier alpha value is -0.320. The molecular weight excluding hydrogens is 308 g/mol. The third kappa shape index (κ3) is 4.82. The predicted octanol–water partition coefficient (Wildman–Crippen LogP) is 3.39. The van der Waals surface area contributed by atoms with Crippen molar-refractivity contribution in [3.63, 3.8) is 0 Å². The fourth-order valence-corrected chi connectivity index (χ4v) is 2.34. The third-order valence-electron chi connectivity index (χ3n) is 2.72. The second-order valence-electron chi connectivity index (χ2n) is 4.13. The molecule has 0 aliphatic carbocycles. The minimum atomic E-state index is -0.272. The lowest BCUT2D eigenvalue weighted by Gasteiger charge is -2.22. The molecule has 5 heteroatoms. The number of halogens is 3. The first kappa shape index (κ1) is 14.7. The highest BCUT2D eigenvalue weighted by Crippen LogP contribution is 2.21. The molecule has 2 rings (SSSR count). The molecule has 0 unspecified atom stereocenters. The molecule has 0 radical (unpaired) electrons. The number of hydrogen-bond donors (Lipinski definition) is 1. The number of benzene rings is 1. The zero-order valence-corrected chi connectivity index (χ0v) is 11.8. The van der Waals surface area contributed by atoms with Gasteiger partial charge in [-0.1, -0.05) is 15.9 Å². The summed E-state index contributed by atoms with van der Waals surface area (Å²) < 4.78 is 19.4. The first-order chi connectivity index (χ1) is 7.74. The molecule has 1 aromatic rings. The van der Waals surface area contributed by atoms with Crippen molar-refractivity contribution in [1.82, 2.24) is 5.32 Å². The summed E-state index contributed by atoms with van der Waals surface area (Å²) in [5.41, 5.74) is 0. The van der Waals surface area contributed by atoms with E-state index in [9.17, 15) is 4.39 Å². The van der Waals surface area contributed by atoms with E-state index in [1.807, 2.05) is 0 Å². The van der Waals surface area contributed by atoms with Gasteiger partial charge in [-0.25, -0.2) is 4.39 Å². The average Bonchev–Trinajstić information content (AvgIpc) is 2.27. The van der Waals surface area contributed by atoms with Crippen molar-refractivity contribution < 1.29 is 9.13 Å². The zero-order chi connectivity index (χ0) is 11.4. The monoisotopic (exact) mass is 323 g/mol. The largest absolute Gasteiger partial charge is 0.493 e. The van der Waals surface area contributed by atoms with Crippen LogP contribution >= 0.6 is 28.3 Å². The van der Waals surface area contributed by atoms with E-state index in [2.05, 4.69) is 21.2 Å². The molecule has 0 spiro atoms. The Morgan fingerprint density at radius 3 is 2.88 bits per heavy atom. The van der Waals surface area contributed by atoms with Crippen LogP contribution in [0.5, 0.6) is 5.75 Å². The van der Waals surface area contributed by atoms with Crippen molar-refractivity contribution in [2.45, 2.75) is 12.8 Å². The van der Waals surface area contributed by atoms with Crippen LogP contribution in [-0.2, 0) is 0 Å². The standard InChI is InChI=1S/C12H15BrFNO.ClH/c13-10-4-11(14)6-12(5-10)16-8-9-2-1-3-15-7-9;/h4-6,9,15H,1-3,7-8H2;1H/t9-;/m0./s1. The van der Waals surface area contributed by atoms with Crippen LogP contribution in [0.3, 0.4) is 0 Å². The summed E-state index contributed by atoms with van der Waals surface area (Å²) in [4.78, 5) is 0. The second kappa shape index (κ2) is 7.19. The summed E-state index contributed by atoms with van der Waals surface area (Å²) in [5.74, 6) is 0.861. The predicted molar refractivity (Wildman–Crippen MR) is 72.4 cm³/mol. The van der Waals surface area contributed by atoms with Crippen molar-refractivity contribution in [3.05, 3.63) is 28.5 Å². The van der Waals surface area contributed by atoms with E-state index in [-0.39, 0.29) is 18.2 Å². The molecule has 1 N–H and O–H groups in total. The Morgan fingerprint density at radius 1 is 1.41 bits per heavy atom. The van der Waals surface area contributed by atoms with Crippen LogP contribution in [0, 0.1) is 11.7 Å². The molecule has 1 aliphatic rings. The fourth-order valence-electron chi connectivity index (χ4n) is 1.89. The highest BCUT2D eigenvalue weighted by atomic mass is 79.9. The molecule has 1 atom stereocenters. The molecule has 0 amide bonds. The van der Waals surface area contributed by atoms with Gasteiger partial charge >= 0.3 is 0 Å². The maximum absolute atomic E-state index is 13.1. The van der Waals surface area contributed by atoms with Crippen molar-refractivity contribution in [2.24, 2.45) is 5.92 Å². The number of hydrogen-bond acceptors (Lipinski definition) is 2. The van der Waals surface area contributed by atoms with Gasteiger partial charge in [0.2, 0.25) is 0 Å². The molecule has 17 heavy (non-hydrogen) atoms. The highest BCUT2D eigenvalue weighted by Gasteiger charge is 2.13. The Morgan fingerprint density at radius 2 is 2.24 bits per heavy atom. The molecule has 0 aromatic heterocycles. The lowest BCUT2D eigenvalue weighted by atomic mass is 10.0. The number of piperidine rings is 1. The maximum Gasteiger partial charge on any atom is 0.128 e. The van der Waals surface area contributed by atoms with Crippen LogP contribution in [0.1, 0.15) is 12.8 Å². The van der Waals surface area contributed by atoms with E-state index < -0.39 is 0 Å². The molecule has 1 saturated heterocycles. The molecular formula is C12H16BrClFNO. The van der Waals surface area contributed by atoms with Crippen LogP contribution in [0.4, 0.5) is 4.39 Å². The topological polar surface area (TPSA) is 21.3 Å². The van der Waals surface area contributed by atoms with Crippen molar-refractivity contribution in [2.75, 3.05) is 19.7 Å². The van der Waals surface area contributed by atoms with Gasteiger partial charge in [0.05, 0.1) is 6.61 Å². The summed E-state index contributed by atoms with van der Waals surface area (Å²) >= 11 is 3.25. The van der Waals surface area contributed by atoms with E-state index >= 15 is 0 Å². The fraction of sp³-hybridized carbons (Fsp3) is 0.500. The first-order valence-corrected chi connectivity index (χ1v) is 6.33. The Balaban J connectivity index is 0.00000144. The van der Waals surface area contributed by atoms with Gasteiger partial charge in [-0.15, -0.1) is 12.4 Å². The normalized spacial score (nSPS) is 19.5. The van der Waals surface area contributed by atoms with E-state index in [1.54, 1.807) is 6.07 Å². The summed E-state index contributed by atoms with van der Waals surface area (Å²) in [7, 11) is 0. The SMILES string of the molecule is Cl.Fc1cc(Br)cc(OC[C@H]2CCCNC2)c1. The van der Waals surface area contributed by atoms with Crippen molar-refractivity contribution >= 4 is 28.3 Å². The van der Waals surface area contributed by atoms with Gasteiger partial charge in [-0.05, 0) is 31.5 Å². The van der Waals surface area contributed by atoms with E-state index in [0.29, 0.717) is 22.7 Å². The molecule has 1 heterocycles. The van der Waals surface area contributed by atoms with Gasteiger partial charge in [-0.2, -0.15) is 0 Å². The van der Waals surface area contributed by atoms with Gasteiger partial charge in [0.1, 0.15) is 11.6 Å². The minimum Gasteiger partial charge on any atom is -0.493 e. The molecule has 1 aromatic carbocycles. The summed E-state index contributed by atoms with van der Waals surface area (Å²) in [5, 5.41) is 3.33. The van der Waals surface area contributed by atoms with Crippen molar-refractivity contribution in [3.8, 4) is 5.75 Å². The van der Waals surface area contributed by atoms with Crippen molar-refractivity contribution in [1.29, 1.82) is 0 Å². The summed E-state index contributed by atoms with van der Waals surface area (Å²) in [6.07, 6.45) is 2.38.